The number of likely N-dealkylation sites (tertiary alicyclic amines) is 1. The van der Waals surface area contributed by atoms with Gasteiger partial charge in [-0.05, 0) is 23.6 Å². The van der Waals surface area contributed by atoms with Gasteiger partial charge in [-0.15, -0.1) is 0 Å². The van der Waals surface area contributed by atoms with E-state index in [1.54, 1.807) is 12.1 Å². The lowest BCUT2D eigenvalue weighted by molar-refractivity contribution is -0.153. The van der Waals surface area contributed by atoms with Gasteiger partial charge in [-0.1, -0.05) is 66.7 Å². The quantitative estimate of drug-likeness (QED) is 0.615. The summed E-state index contributed by atoms with van der Waals surface area (Å²) in [5.41, 5.74) is 0.636. The maximum atomic E-state index is 13.3. The van der Waals surface area contributed by atoms with Gasteiger partial charge in [0.1, 0.15) is 0 Å². The predicted octanol–water partition coefficient (Wildman–Crippen LogP) is 1.77. The fourth-order valence-electron chi connectivity index (χ4n) is 4.71. The third-order valence-corrected chi connectivity index (χ3v) is 6.30. The number of carboxylic acid groups (broad SMARTS) is 1. The number of rotatable bonds is 6. The highest BCUT2D eigenvalue weighted by atomic mass is 16.4. The minimum absolute atomic E-state index is 0.0428. The molecule has 2 saturated heterocycles. The average Bonchev–Trinajstić information content (AvgIpc) is 3.24. The van der Waals surface area contributed by atoms with E-state index in [-0.39, 0.29) is 6.54 Å². The second-order valence-corrected chi connectivity index (χ2v) is 8.02. The Morgan fingerprint density at radius 2 is 1.77 bits per heavy atom. The largest absolute Gasteiger partial charge is 0.480 e. The minimum atomic E-state index is -1.91. The Hall–Kier alpha value is -3.29. The van der Waals surface area contributed by atoms with Gasteiger partial charge in [-0.25, -0.2) is 0 Å². The van der Waals surface area contributed by atoms with Crippen LogP contribution in [0.4, 0.5) is 0 Å². The number of hydrogen-bond donors (Lipinski definition) is 3. The number of hydrogen-bond acceptors (Lipinski definition) is 5. The Labute approximate surface area is 180 Å². The van der Waals surface area contributed by atoms with Crippen molar-refractivity contribution in [2.75, 3.05) is 13.2 Å². The van der Waals surface area contributed by atoms with Crippen molar-refractivity contribution >= 4 is 23.9 Å². The van der Waals surface area contributed by atoms with E-state index in [9.17, 15) is 24.6 Å². The van der Waals surface area contributed by atoms with E-state index >= 15 is 0 Å². The summed E-state index contributed by atoms with van der Waals surface area (Å²) in [6.07, 6.45) is 3.52. The van der Waals surface area contributed by atoms with Crippen LogP contribution in [0.5, 0.6) is 0 Å². The van der Waals surface area contributed by atoms with Gasteiger partial charge in [0.15, 0.2) is 5.54 Å². The highest BCUT2D eigenvalue weighted by Gasteiger charge is 2.68. The number of benzene rings is 2. The van der Waals surface area contributed by atoms with Crippen molar-refractivity contribution in [2.45, 2.75) is 18.5 Å². The number of carbonyl (C=O) groups is 3. The Morgan fingerprint density at radius 1 is 1.10 bits per heavy atom. The number of nitrogens with one attached hydrogen (secondary N) is 1. The summed E-state index contributed by atoms with van der Waals surface area (Å²) in [6, 6.07) is 16.1. The van der Waals surface area contributed by atoms with Crippen LogP contribution in [0.2, 0.25) is 0 Å². The lowest BCUT2D eigenvalue weighted by atomic mass is 9.79. The first-order valence-electron chi connectivity index (χ1n) is 10.1. The molecule has 2 aliphatic rings. The first kappa shape index (κ1) is 21.0. The van der Waals surface area contributed by atoms with Gasteiger partial charge in [0.05, 0.1) is 18.4 Å². The van der Waals surface area contributed by atoms with E-state index in [0.717, 1.165) is 21.6 Å². The standard InChI is InChI=1S/C24H24N2O5/c1-15-8-5-6-12-17(15)20-18-19(24(14-27,25-20)23(30)31)22(29)26(21(18)28)13-7-11-16-9-3-2-4-10-16/h2-12,18-20,25,27H,13-14H2,1H3,(H,30,31). The molecule has 7 nitrogen and oxygen atoms in total. The van der Waals surface area contributed by atoms with E-state index in [1.165, 1.54) is 0 Å². The molecule has 0 radical (unpaired) electrons. The van der Waals surface area contributed by atoms with Crippen molar-refractivity contribution in [3.05, 3.63) is 77.4 Å². The Bertz CT molecular complexity index is 1050. The molecule has 4 rings (SSSR count). The van der Waals surface area contributed by atoms with Crippen molar-refractivity contribution in [1.82, 2.24) is 10.2 Å². The molecule has 0 bridgehead atoms. The number of aryl methyl sites for hydroxylation is 1. The third kappa shape index (κ3) is 3.36. The molecular weight excluding hydrogens is 396 g/mol. The smallest absolute Gasteiger partial charge is 0.327 e. The van der Waals surface area contributed by atoms with E-state index < -0.39 is 47.8 Å². The van der Waals surface area contributed by atoms with Crippen molar-refractivity contribution in [1.29, 1.82) is 0 Å². The molecule has 2 fully saturated rings. The molecule has 2 aromatic rings. The number of nitrogens with zero attached hydrogens (tertiary/aromatic N) is 1. The van der Waals surface area contributed by atoms with Gasteiger partial charge in [0, 0.05) is 12.6 Å². The third-order valence-electron chi connectivity index (χ3n) is 6.30. The first-order chi connectivity index (χ1) is 14.9. The minimum Gasteiger partial charge on any atom is -0.480 e. The molecule has 7 heteroatoms. The summed E-state index contributed by atoms with van der Waals surface area (Å²) < 4.78 is 0. The van der Waals surface area contributed by atoms with Gasteiger partial charge in [-0.3, -0.25) is 24.6 Å². The van der Waals surface area contributed by atoms with Crippen LogP contribution in [0.15, 0.2) is 60.7 Å². The van der Waals surface area contributed by atoms with Crippen molar-refractivity contribution in [3.8, 4) is 0 Å². The Balaban J connectivity index is 1.69. The van der Waals surface area contributed by atoms with Crippen molar-refractivity contribution in [2.24, 2.45) is 11.8 Å². The molecule has 4 atom stereocenters. The number of carboxylic acids is 1. The van der Waals surface area contributed by atoms with Crippen LogP contribution in [0.3, 0.4) is 0 Å². The molecule has 4 unspecified atom stereocenters. The summed E-state index contributed by atoms with van der Waals surface area (Å²) in [5.74, 6) is -4.43. The van der Waals surface area contributed by atoms with Crippen LogP contribution < -0.4 is 5.32 Å². The monoisotopic (exact) mass is 420 g/mol. The molecule has 2 aliphatic heterocycles. The van der Waals surface area contributed by atoms with Gasteiger partial charge in [0.25, 0.3) is 0 Å². The Morgan fingerprint density at radius 3 is 2.42 bits per heavy atom. The average molecular weight is 420 g/mol. The van der Waals surface area contributed by atoms with Crippen LogP contribution in [0.25, 0.3) is 6.08 Å². The SMILES string of the molecule is Cc1ccccc1C1NC(CO)(C(=O)O)C2C(=O)N(CC=Cc3ccccc3)C(=O)C12. The number of aliphatic hydroxyl groups excluding tert-OH is 1. The second-order valence-electron chi connectivity index (χ2n) is 8.02. The van der Waals surface area contributed by atoms with Crippen LogP contribution in [-0.2, 0) is 14.4 Å². The highest BCUT2D eigenvalue weighted by molar-refractivity contribution is 6.09. The van der Waals surface area contributed by atoms with Crippen LogP contribution in [-0.4, -0.2) is 51.6 Å². The zero-order valence-electron chi connectivity index (χ0n) is 17.1. The van der Waals surface area contributed by atoms with Crippen molar-refractivity contribution < 1.29 is 24.6 Å². The van der Waals surface area contributed by atoms with E-state index in [1.807, 2.05) is 61.5 Å². The molecule has 0 spiro atoms. The number of fused-ring (bicyclic) bond motifs is 1. The van der Waals surface area contributed by atoms with Crippen LogP contribution >= 0.6 is 0 Å². The summed E-state index contributed by atoms with van der Waals surface area (Å²) >= 11 is 0. The van der Waals surface area contributed by atoms with Gasteiger partial charge >= 0.3 is 5.97 Å². The summed E-state index contributed by atoms with van der Waals surface area (Å²) in [7, 11) is 0. The molecule has 160 valence electrons. The van der Waals surface area contributed by atoms with Gasteiger partial charge < -0.3 is 10.2 Å². The van der Waals surface area contributed by atoms with E-state index in [2.05, 4.69) is 5.32 Å². The number of aliphatic hydroxyl groups is 1. The summed E-state index contributed by atoms with van der Waals surface area (Å²) in [4.78, 5) is 39.9. The maximum Gasteiger partial charge on any atom is 0.327 e. The molecule has 2 aromatic carbocycles. The Kier molecular flexibility index (Phi) is 5.47. The lowest BCUT2D eigenvalue weighted by Gasteiger charge is -2.29. The molecule has 31 heavy (non-hydrogen) atoms. The van der Waals surface area contributed by atoms with E-state index in [4.69, 9.17) is 0 Å². The predicted molar refractivity (Wildman–Crippen MR) is 114 cm³/mol. The normalized spacial score (nSPS) is 27.8. The molecular formula is C24H24N2O5. The van der Waals surface area contributed by atoms with Gasteiger partial charge in [0.2, 0.25) is 11.8 Å². The zero-order valence-corrected chi connectivity index (χ0v) is 17.1. The molecule has 2 heterocycles. The van der Waals surface area contributed by atoms with Crippen LogP contribution in [0, 0.1) is 18.8 Å². The molecule has 3 N–H and O–H groups in total. The van der Waals surface area contributed by atoms with Crippen molar-refractivity contribution in [3.63, 3.8) is 0 Å². The maximum absolute atomic E-state index is 13.3. The number of carbonyl (C=O) groups excluding carboxylic acids is 2. The van der Waals surface area contributed by atoms with E-state index in [0.29, 0.717) is 0 Å². The number of imide groups is 1. The fourth-order valence-corrected chi connectivity index (χ4v) is 4.71. The summed E-state index contributed by atoms with van der Waals surface area (Å²) in [5, 5.41) is 22.9. The molecule has 2 amide bonds. The zero-order chi connectivity index (χ0) is 22.2. The fraction of sp³-hybridized carbons (Fsp3) is 0.292. The first-order valence-corrected chi connectivity index (χ1v) is 10.1. The lowest BCUT2D eigenvalue weighted by Crippen LogP contribution is -2.58. The summed E-state index contributed by atoms with van der Waals surface area (Å²) in [6.45, 7) is 1.12. The van der Waals surface area contributed by atoms with Gasteiger partial charge in [-0.2, -0.15) is 0 Å². The topological polar surface area (TPSA) is 107 Å². The molecule has 0 aliphatic carbocycles. The number of aliphatic carboxylic acids is 1. The number of amides is 2. The van der Waals surface area contributed by atoms with Crippen LogP contribution in [0.1, 0.15) is 22.7 Å². The second kappa shape index (κ2) is 8.09. The molecule has 0 aromatic heterocycles. The highest BCUT2D eigenvalue weighted by Crippen LogP contribution is 2.49. The molecule has 0 saturated carbocycles.